The van der Waals surface area contributed by atoms with Crippen LogP contribution in [0, 0.1) is 23.2 Å². The molecule has 1 N–H and O–H groups in total. The molecular weight excluding hydrogens is 210 g/mol. The lowest BCUT2D eigenvalue weighted by atomic mass is 9.47. The minimum Gasteiger partial charge on any atom is -0.386 e. The summed E-state index contributed by atoms with van der Waals surface area (Å²) in [5.41, 5.74) is -0.451. The molecule has 0 aliphatic heterocycles. The Morgan fingerprint density at radius 3 is 1.75 bits per heavy atom. The van der Waals surface area contributed by atoms with E-state index in [1.165, 1.54) is 19.3 Å². The Hall–Kier alpha value is -0.180. The van der Waals surface area contributed by atoms with E-state index in [4.69, 9.17) is 0 Å². The quantitative estimate of drug-likeness (QED) is 0.772. The lowest BCUT2D eigenvalue weighted by Gasteiger charge is -2.58. The molecule has 4 saturated carbocycles. The molecule has 0 aromatic carbocycles. The van der Waals surface area contributed by atoms with E-state index in [1.807, 2.05) is 0 Å². The lowest BCUT2D eigenvalue weighted by molar-refractivity contribution is -0.201. The van der Waals surface area contributed by atoms with Crippen molar-refractivity contribution >= 4 is 0 Å². The van der Waals surface area contributed by atoms with E-state index >= 15 is 0 Å². The maximum Gasteiger partial charge on any atom is 0.271 e. The summed E-state index contributed by atoms with van der Waals surface area (Å²) in [4.78, 5) is 0. The van der Waals surface area contributed by atoms with Crippen LogP contribution in [0.25, 0.3) is 0 Å². The van der Waals surface area contributed by atoms with E-state index in [2.05, 4.69) is 0 Å². The van der Waals surface area contributed by atoms with Crippen LogP contribution in [-0.2, 0) is 0 Å². The SMILES string of the molecule is CC(F)(F)C(O)C12CC3CC(CC(C3)C1)C2. The van der Waals surface area contributed by atoms with Crippen LogP contribution in [0.1, 0.15) is 45.4 Å². The number of hydrogen-bond donors (Lipinski definition) is 1. The summed E-state index contributed by atoms with van der Waals surface area (Å²) in [5, 5.41) is 10.0. The summed E-state index contributed by atoms with van der Waals surface area (Å²) >= 11 is 0. The van der Waals surface area contributed by atoms with Crippen LogP contribution in [0.15, 0.2) is 0 Å². The molecule has 0 radical (unpaired) electrons. The van der Waals surface area contributed by atoms with E-state index in [9.17, 15) is 13.9 Å². The van der Waals surface area contributed by atoms with Gasteiger partial charge in [-0.25, -0.2) is 8.78 Å². The summed E-state index contributed by atoms with van der Waals surface area (Å²) in [6, 6.07) is 0. The average Bonchev–Trinajstić information content (AvgIpc) is 2.12. The molecule has 4 fully saturated rings. The van der Waals surface area contributed by atoms with E-state index in [0.717, 1.165) is 26.2 Å². The van der Waals surface area contributed by atoms with Crippen molar-refractivity contribution in [3.05, 3.63) is 0 Å². The predicted octanol–water partition coefficient (Wildman–Crippen LogP) is 3.22. The molecule has 0 heterocycles. The van der Waals surface area contributed by atoms with Gasteiger partial charge in [-0.2, -0.15) is 0 Å². The second-order valence-electron chi connectivity index (χ2n) is 6.64. The van der Waals surface area contributed by atoms with Gasteiger partial charge in [0.25, 0.3) is 5.92 Å². The maximum absolute atomic E-state index is 13.4. The fourth-order valence-electron chi connectivity index (χ4n) is 5.05. The normalized spacial score (nSPS) is 48.4. The van der Waals surface area contributed by atoms with Crippen LogP contribution in [0.2, 0.25) is 0 Å². The van der Waals surface area contributed by atoms with Gasteiger partial charge < -0.3 is 5.11 Å². The summed E-state index contributed by atoms with van der Waals surface area (Å²) < 4.78 is 26.8. The zero-order valence-corrected chi connectivity index (χ0v) is 9.76. The number of aliphatic hydroxyl groups is 1. The van der Waals surface area contributed by atoms with Gasteiger partial charge in [0, 0.05) is 12.3 Å². The Kier molecular flexibility index (Phi) is 2.18. The van der Waals surface area contributed by atoms with Gasteiger partial charge in [-0.05, 0) is 56.3 Å². The monoisotopic (exact) mass is 230 g/mol. The molecule has 0 saturated heterocycles. The van der Waals surface area contributed by atoms with Gasteiger partial charge in [-0.1, -0.05) is 0 Å². The van der Waals surface area contributed by atoms with Crippen molar-refractivity contribution in [2.45, 2.75) is 57.5 Å². The molecule has 0 aromatic heterocycles. The van der Waals surface area contributed by atoms with Crippen LogP contribution in [0.3, 0.4) is 0 Å². The maximum atomic E-state index is 13.4. The van der Waals surface area contributed by atoms with E-state index in [1.54, 1.807) is 0 Å². The number of halogens is 2. The first-order valence-corrected chi connectivity index (χ1v) is 6.45. The zero-order valence-electron chi connectivity index (χ0n) is 9.76. The highest BCUT2D eigenvalue weighted by Gasteiger charge is 2.58. The van der Waals surface area contributed by atoms with Gasteiger partial charge in [-0.15, -0.1) is 0 Å². The third-order valence-corrected chi connectivity index (χ3v) is 5.15. The molecule has 4 rings (SSSR count). The van der Waals surface area contributed by atoms with Crippen LogP contribution >= 0.6 is 0 Å². The molecule has 92 valence electrons. The molecule has 16 heavy (non-hydrogen) atoms. The summed E-state index contributed by atoms with van der Waals surface area (Å²) in [5.74, 6) is -1.10. The molecule has 1 nitrogen and oxygen atoms in total. The third kappa shape index (κ3) is 1.51. The van der Waals surface area contributed by atoms with Crippen molar-refractivity contribution in [1.82, 2.24) is 0 Å². The molecule has 1 atom stereocenters. The zero-order chi connectivity index (χ0) is 11.6. The average molecular weight is 230 g/mol. The molecule has 4 aliphatic carbocycles. The van der Waals surface area contributed by atoms with Gasteiger partial charge in [0.1, 0.15) is 6.10 Å². The van der Waals surface area contributed by atoms with Crippen molar-refractivity contribution in [2.24, 2.45) is 23.2 Å². The second-order valence-corrected chi connectivity index (χ2v) is 6.64. The highest BCUT2D eigenvalue weighted by Crippen LogP contribution is 2.62. The van der Waals surface area contributed by atoms with Crippen LogP contribution in [-0.4, -0.2) is 17.1 Å². The Balaban J connectivity index is 1.88. The van der Waals surface area contributed by atoms with Crippen molar-refractivity contribution < 1.29 is 13.9 Å². The summed E-state index contributed by atoms with van der Waals surface area (Å²) in [6.45, 7) is 0.871. The van der Waals surface area contributed by atoms with Gasteiger partial charge in [0.05, 0.1) is 0 Å². The first-order valence-electron chi connectivity index (χ1n) is 6.45. The lowest BCUT2D eigenvalue weighted by Crippen LogP contribution is -2.56. The van der Waals surface area contributed by atoms with E-state index in [0.29, 0.717) is 17.8 Å². The summed E-state index contributed by atoms with van der Waals surface area (Å²) in [6.07, 6.45) is 4.76. The Bertz CT molecular complexity index is 260. The van der Waals surface area contributed by atoms with Crippen molar-refractivity contribution in [3.8, 4) is 0 Å². The Morgan fingerprint density at radius 1 is 1.06 bits per heavy atom. The van der Waals surface area contributed by atoms with Gasteiger partial charge in [-0.3, -0.25) is 0 Å². The fourth-order valence-corrected chi connectivity index (χ4v) is 5.05. The molecule has 1 unspecified atom stereocenters. The Morgan fingerprint density at radius 2 is 1.44 bits per heavy atom. The highest BCUT2D eigenvalue weighted by atomic mass is 19.3. The molecule has 4 bridgehead atoms. The molecule has 3 heteroatoms. The topological polar surface area (TPSA) is 20.2 Å². The largest absolute Gasteiger partial charge is 0.386 e. The number of alkyl halides is 2. The van der Waals surface area contributed by atoms with E-state index in [-0.39, 0.29) is 0 Å². The van der Waals surface area contributed by atoms with Gasteiger partial charge in [0.2, 0.25) is 0 Å². The van der Waals surface area contributed by atoms with Gasteiger partial charge >= 0.3 is 0 Å². The molecule has 4 aliphatic rings. The molecule has 0 spiro atoms. The van der Waals surface area contributed by atoms with Crippen molar-refractivity contribution in [1.29, 1.82) is 0 Å². The second kappa shape index (κ2) is 3.18. The number of aliphatic hydroxyl groups excluding tert-OH is 1. The first-order chi connectivity index (χ1) is 7.39. The van der Waals surface area contributed by atoms with Crippen molar-refractivity contribution in [2.75, 3.05) is 0 Å². The minimum atomic E-state index is -2.94. The Labute approximate surface area is 95.2 Å². The standard InChI is InChI=1S/C13H20F2O/c1-12(14,15)11(16)13-5-8-2-9(6-13)4-10(3-8)7-13/h8-11,16H,2-7H2,1H3. The van der Waals surface area contributed by atoms with Crippen LogP contribution < -0.4 is 0 Å². The number of hydrogen-bond acceptors (Lipinski definition) is 1. The van der Waals surface area contributed by atoms with Crippen LogP contribution in [0.4, 0.5) is 8.78 Å². The molecule has 0 amide bonds. The first kappa shape index (κ1) is 10.9. The minimum absolute atomic E-state index is 0.451. The third-order valence-electron chi connectivity index (χ3n) is 5.15. The molecule has 0 aromatic rings. The van der Waals surface area contributed by atoms with Crippen LogP contribution in [0.5, 0.6) is 0 Å². The van der Waals surface area contributed by atoms with E-state index < -0.39 is 17.4 Å². The summed E-state index contributed by atoms with van der Waals surface area (Å²) in [7, 11) is 0. The van der Waals surface area contributed by atoms with Gasteiger partial charge in [0.15, 0.2) is 0 Å². The van der Waals surface area contributed by atoms with Crippen molar-refractivity contribution in [3.63, 3.8) is 0 Å². The number of rotatable bonds is 2. The molecular formula is C13H20F2O. The highest BCUT2D eigenvalue weighted by molar-refractivity contribution is 5.06. The predicted molar refractivity (Wildman–Crippen MR) is 57.2 cm³/mol. The smallest absolute Gasteiger partial charge is 0.271 e. The fraction of sp³-hybridized carbons (Fsp3) is 1.00.